The lowest BCUT2D eigenvalue weighted by molar-refractivity contribution is 0.101. The Hall–Kier alpha value is -2.38. The molecule has 1 aliphatic heterocycles. The van der Waals surface area contributed by atoms with Crippen LogP contribution in [0.25, 0.3) is 11.0 Å². The van der Waals surface area contributed by atoms with Crippen molar-refractivity contribution in [2.24, 2.45) is 5.16 Å². The molecule has 0 saturated carbocycles. The number of carbonyl (C=O) groups excluding carboxylic acids is 1. The molecule has 7 nitrogen and oxygen atoms in total. The van der Waals surface area contributed by atoms with Crippen LogP contribution in [-0.4, -0.2) is 55.2 Å². The fourth-order valence-corrected chi connectivity index (χ4v) is 3.43. The molecule has 2 heterocycles. The second-order valence-electron chi connectivity index (χ2n) is 7.18. The van der Waals surface area contributed by atoms with Gasteiger partial charge in [0.1, 0.15) is 11.3 Å². The summed E-state index contributed by atoms with van der Waals surface area (Å²) in [5.74, 6) is 0.493. The molecule has 1 saturated heterocycles. The van der Waals surface area contributed by atoms with Gasteiger partial charge in [-0.1, -0.05) is 12.8 Å². The van der Waals surface area contributed by atoms with Crippen molar-refractivity contribution in [1.82, 2.24) is 10.2 Å². The predicted octanol–water partition coefficient (Wildman–Crippen LogP) is 2.77. The number of hydrogen-bond acceptors (Lipinski definition) is 7. The van der Waals surface area contributed by atoms with E-state index in [-0.39, 0.29) is 16.9 Å². The van der Waals surface area contributed by atoms with Crippen LogP contribution in [0.1, 0.15) is 43.0 Å². The summed E-state index contributed by atoms with van der Waals surface area (Å²) in [7, 11) is 0. The summed E-state index contributed by atoms with van der Waals surface area (Å²) < 4.78 is 11.4. The number of benzene rings is 1. The topological polar surface area (TPSA) is 87.3 Å². The minimum absolute atomic E-state index is 0.0818. The molecule has 0 aliphatic carbocycles. The van der Waals surface area contributed by atoms with Crippen LogP contribution < -0.4 is 15.6 Å². The third-order valence-electron chi connectivity index (χ3n) is 5.04. The summed E-state index contributed by atoms with van der Waals surface area (Å²) in [6.45, 7) is 7.79. The summed E-state index contributed by atoms with van der Waals surface area (Å²) in [4.78, 5) is 14.1. The number of hydrogen-bond donors (Lipinski definition) is 2. The van der Waals surface area contributed by atoms with Crippen LogP contribution >= 0.6 is 0 Å². The fourth-order valence-electron chi connectivity index (χ4n) is 3.43. The van der Waals surface area contributed by atoms with E-state index in [0.29, 0.717) is 17.9 Å². The third kappa shape index (κ3) is 5.56. The van der Waals surface area contributed by atoms with Gasteiger partial charge in [-0.25, -0.2) is 0 Å². The number of nitrogens with one attached hydrogen (secondary N) is 1. The fraction of sp³-hybridized carbons (Fsp3) is 0.524. The van der Waals surface area contributed by atoms with E-state index in [1.165, 1.54) is 26.3 Å². The molecule has 0 spiro atoms. The number of rotatable bonds is 9. The van der Waals surface area contributed by atoms with Gasteiger partial charge in [0.05, 0.1) is 12.2 Å². The number of fused-ring (bicyclic) bond motifs is 1. The van der Waals surface area contributed by atoms with Crippen LogP contribution in [0.2, 0.25) is 0 Å². The van der Waals surface area contributed by atoms with Crippen LogP contribution in [0.4, 0.5) is 0 Å². The average Bonchev–Trinajstić information content (AvgIpc) is 2.72. The van der Waals surface area contributed by atoms with Crippen LogP contribution in [0, 0.1) is 0 Å². The van der Waals surface area contributed by atoms with Gasteiger partial charge < -0.3 is 24.6 Å². The van der Waals surface area contributed by atoms with Gasteiger partial charge in [-0.2, -0.15) is 0 Å². The maximum absolute atomic E-state index is 11.6. The molecule has 152 valence electrons. The van der Waals surface area contributed by atoms with Crippen molar-refractivity contribution in [3.05, 3.63) is 35.4 Å². The van der Waals surface area contributed by atoms with Crippen molar-refractivity contribution >= 4 is 16.8 Å². The molecule has 2 N–H and O–H groups in total. The van der Waals surface area contributed by atoms with E-state index in [1.54, 1.807) is 12.1 Å². The van der Waals surface area contributed by atoms with E-state index < -0.39 is 0 Å². The van der Waals surface area contributed by atoms with Gasteiger partial charge >= 0.3 is 0 Å². The lowest BCUT2D eigenvalue weighted by Gasteiger charge is -2.27. The zero-order chi connectivity index (χ0) is 19.8. The molecule has 2 aromatic rings. The summed E-state index contributed by atoms with van der Waals surface area (Å²) in [5.41, 5.74) is 0.692. The number of carbonyl (C=O) groups is 1. The first-order chi connectivity index (χ1) is 13.7. The van der Waals surface area contributed by atoms with Gasteiger partial charge in [-0.15, -0.1) is 0 Å². The zero-order valence-corrected chi connectivity index (χ0v) is 16.4. The largest absolute Gasteiger partial charge is 0.493 e. The number of ketones is 1. The van der Waals surface area contributed by atoms with Gasteiger partial charge in [-0.3, -0.25) is 4.79 Å². The Balaban J connectivity index is 1.44. The Morgan fingerprint density at radius 1 is 1.21 bits per heavy atom. The Labute approximate surface area is 165 Å². The number of unbranched alkanes of at least 4 members (excludes halogenated alkanes) is 3. The third-order valence-corrected chi connectivity index (χ3v) is 5.04. The van der Waals surface area contributed by atoms with Crippen LogP contribution in [0.5, 0.6) is 5.75 Å². The van der Waals surface area contributed by atoms with Crippen molar-refractivity contribution in [2.75, 3.05) is 39.3 Å². The standard InChI is InChI=1S/C21H29N3O4/c1-16(25)19-14-17-6-7-18(15-20(17)28-21(19)23-26)27-13-5-3-2-4-10-24-11-8-22-9-12-24/h6-7,14-15,22,26H,2-5,8-13H2,1H3. The van der Waals surface area contributed by atoms with E-state index in [4.69, 9.17) is 14.4 Å². The second-order valence-corrected chi connectivity index (χ2v) is 7.18. The number of nitrogens with zero attached hydrogens (tertiary/aromatic N) is 2. The lowest BCUT2D eigenvalue weighted by atomic mass is 10.1. The van der Waals surface area contributed by atoms with Crippen molar-refractivity contribution < 1.29 is 19.2 Å². The van der Waals surface area contributed by atoms with E-state index in [0.717, 1.165) is 44.4 Å². The zero-order valence-electron chi connectivity index (χ0n) is 16.4. The van der Waals surface area contributed by atoms with Crippen molar-refractivity contribution in [2.45, 2.75) is 32.6 Å². The molecular weight excluding hydrogens is 358 g/mol. The number of piperazine rings is 1. The first-order valence-electron chi connectivity index (χ1n) is 10.00. The van der Waals surface area contributed by atoms with Crippen molar-refractivity contribution in [1.29, 1.82) is 0 Å². The SMILES string of the molecule is CC(=O)c1cc2ccc(OCCCCCCN3CCNCC3)cc2oc1=NO. The van der Waals surface area contributed by atoms with Gasteiger partial charge in [0.2, 0.25) is 0 Å². The molecule has 1 fully saturated rings. The monoisotopic (exact) mass is 387 g/mol. The van der Waals surface area contributed by atoms with Gasteiger partial charge in [-0.05, 0) is 49.7 Å². The van der Waals surface area contributed by atoms with E-state index in [9.17, 15) is 4.79 Å². The highest BCUT2D eigenvalue weighted by molar-refractivity contribution is 5.96. The molecule has 0 atom stereocenters. The smallest absolute Gasteiger partial charge is 0.266 e. The molecule has 0 unspecified atom stereocenters. The summed E-state index contributed by atoms with van der Waals surface area (Å²) in [6, 6.07) is 7.13. The minimum atomic E-state index is -0.212. The Morgan fingerprint density at radius 2 is 2.00 bits per heavy atom. The summed E-state index contributed by atoms with van der Waals surface area (Å²) in [5, 5.41) is 16.3. The molecule has 0 radical (unpaired) electrons. The van der Waals surface area contributed by atoms with Gasteiger partial charge in [0.15, 0.2) is 5.78 Å². The molecule has 3 rings (SSSR count). The molecule has 1 aromatic carbocycles. The highest BCUT2D eigenvalue weighted by atomic mass is 16.5. The normalized spacial score (nSPS) is 15.8. The molecule has 0 bridgehead atoms. The molecule has 7 heteroatoms. The summed E-state index contributed by atoms with van der Waals surface area (Å²) in [6.07, 6.45) is 4.62. The average molecular weight is 387 g/mol. The molecule has 1 aromatic heterocycles. The van der Waals surface area contributed by atoms with Gasteiger partial charge in [0, 0.05) is 37.6 Å². The quantitative estimate of drug-likeness (QED) is 0.298. The molecular formula is C21H29N3O4. The first-order valence-corrected chi connectivity index (χ1v) is 10.00. The van der Waals surface area contributed by atoms with Crippen LogP contribution in [0.3, 0.4) is 0 Å². The Kier molecular flexibility index (Phi) is 7.45. The Morgan fingerprint density at radius 3 is 2.75 bits per heavy atom. The van der Waals surface area contributed by atoms with E-state index in [2.05, 4.69) is 15.4 Å². The minimum Gasteiger partial charge on any atom is -0.493 e. The maximum atomic E-state index is 11.6. The Bertz CT molecular complexity index is 856. The highest BCUT2D eigenvalue weighted by Gasteiger charge is 2.10. The lowest BCUT2D eigenvalue weighted by Crippen LogP contribution is -2.43. The van der Waals surface area contributed by atoms with Crippen molar-refractivity contribution in [3.63, 3.8) is 0 Å². The van der Waals surface area contributed by atoms with Crippen LogP contribution in [-0.2, 0) is 0 Å². The molecule has 1 aliphatic rings. The number of ether oxygens (including phenoxy) is 1. The van der Waals surface area contributed by atoms with Crippen LogP contribution in [0.15, 0.2) is 33.8 Å². The van der Waals surface area contributed by atoms with Gasteiger partial charge in [0.25, 0.3) is 5.55 Å². The summed E-state index contributed by atoms with van der Waals surface area (Å²) >= 11 is 0. The second kappa shape index (κ2) is 10.2. The molecule has 28 heavy (non-hydrogen) atoms. The molecule has 0 amide bonds. The van der Waals surface area contributed by atoms with E-state index >= 15 is 0 Å². The number of Topliss-reactive ketones (excluding diaryl/α,β-unsaturated/α-hetero) is 1. The maximum Gasteiger partial charge on any atom is 0.266 e. The van der Waals surface area contributed by atoms with E-state index in [1.807, 2.05) is 12.1 Å². The first kappa shape index (κ1) is 20.4. The highest BCUT2D eigenvalue weighted by Crippen LogP contribution is 2.21. The predicted molar refractivity (Wildman–Crippen MR) is 107 cm³/mol. The van der Waals surface area contributed by atoms with Crippen molar-refractivity contribution in [3.8, 4) is 5.75 Å².